The van der Waals surface area contributed by atoms with Gasteiger partial charge in [-0.1, -0.05) is 0 Å². The SMILES string of the molecule is CC(C)(C)OC(=O)N1CC[C@@H](NC(=O)C(C)(C)COc2ncccc2C(F)(F)F)[C@H](c2cnn(C(F)F)c2)C1. The van der Waals surface area contributed by atoms with E-state index in [0.29, 0.717) is 10.2 Å². The van der Waals surface area contributed by atoms with Gasteiger partial charge in [-0.05, 0) is 58.7 Å². The van der Waals surface area contributed by atoms with Crippen LogP contribution < -0.4 is 10.1 Å². The summed E-state index contributed by atoms with van der Waals surface area (Å²) >= 11 is 0. The predicted octanol–water partition coefficient (Wildman–Crippen LogP) is 5.01. The molecule has 14 heteroatoms. The Labute approximate surface area is 222 Å². The number of alkyl halides is 5. The number of carbonyl (C=O) groups excluding carboxylic acids is 2. The maximum atomic E-state index is 13.3. The summed E-state index contributed by atoms with van der Waals surface area (Å²) in [7, 11) is 0. The molecular weight excluding hydrogens is 529 g/mol. The Balaban J connectivity index is 1.76. The van der Waals surface area contributed by atoms with Crippen molar-refractivity contribution in [3.8, 4) is 5.88 Å². The van der Waals surface area contributed by atoms with E-state index in [4.69, 9.17) is 9.47 Å². The summed E-state index contributed by atoms with van der Waals surface area (Å²) in [6.07, 6.45) is -1.44. The van der Waals surface area contributed by atoms with Crippen LogP contribution in [-0.2, 0) is 15.7 Å². The monoisotopic (exact) mass is 561 g/mol. The molecule has 2 amide bonds. The van der Waals surface area contributed by atoms with Crippen molar-refractivity contribution in [3.05, 3.63) is 41.9 Å². The first-order chi connectivity index (χ1) is 18.0. The number of rotatable bonds is 7. The molecule has 0 aromatic carbocycles. The highest BCUT2D eigenvalue weighted by molar-refractivity contribution is 5.82. The van der Waals surface area contributed by atoms with Gasteiger partial charge in [-0.15, -0.1) is 0 Å². The van der Waals surface area contributed by atoms with Crippen molar-refractivity contribution in [3.63, 3.8) is 0 Å². The topological polar surface area (TPSA) is 98.6 Å². The quantitative estimate of drug-likeness (QED) is 0.478. The van der Waals surface area contributed by atoms with Gasteiger partial charge in [-0.2, -0.15) is 27.1 Å². The van der Waals surface area contributed by atoms with Gasteiger partial charge >= 0.3 is 18.8 Å². The van der Waals surface area contributed by atoms with Crippen molar-refractivity contribution in [2.45, 2.75) is 71.3 Å². The average molecular weight is 562 g/mol. The van der Waals surface area contributed by atoms with Crippen LogP contribution in [-0.4, -0.2) is 63.0 Å². The number of nitrogens with zero attached hydrogens (tertiary/aromatic N) is 4. The number of halogens is 5. The second-order valence-electron chi connectivity index (χ2n) is 11.0. The van der Waals surface area contributed by atoms with E-state index in [-0.39, 0.29) is 19.5 Å². The molecule has 1 aliphatic heterocycles. The van der Waals surface area contributed by atoms with Crippen LogP contribution in [0.25, 0.3) is 0 Å². The van der Waals surface area contributed by atoms with Gasteiger partial charge in [0.1, 0.15) is 17.8 Å². The molecule has 1 aliphatic rings. The van der Waals surface area contributed by atoms with Gasteiger partial charge in [0.15, 0.2) is 0 Å². The maximum absolute atomic E-state index is 13.3. The van der Waals surface area contributed by atoms with Crippen LogP contribution in [0.15, 0.2) is 30.7 Å². The molecule has 9 nitrogen and oxygen atoms in total. The number of pyridine rings is 1. The van der Waals surface area contributed by atoms with E-state index in [1.165, 1.54) is 24.9 Å². The molecule has 2 atom stereocenters. The second kappa shape index (κ2) is 11.3. The van der Waals surface area contributed by atoms with Crippen molar-refractivity contribution >= 4 is 12.0 Å². The zero-order valence-corrected chi connectivity index (χ0v) is 22.3. The fraction of sp³-hybridized carbons (Fsp3) is 0.600. The van der Waals surface area contributed by atoms with E-state index < -0.39 is 65.8 Å². The summed E-state index contributed by atoms with van der Waals surface area (Å²) in [6.45, 7) is 5.15. The van der Waals surface area contributed by atoms with Crippen molar-refractivity contribution in [2.24, 2.45) is 5.41 Å². The minimum atomic E-state index is -4.69. The van der Waals surface area contributed by atoms with Crippen LogP contribution in [0.4, 0.5) is 26.7 Å². The zero-order valence-electron chi connectivity index (χ0n) is 22.3. The fourth-order valence-electron chi connectivity index (χ4n) is 4.01. The lowest BCUT2D eigenvalue weighted by Gasteiger charge is -2.40. The molecule has 0 saturated carbocycles. The lowest BCUT2D eigenvalue weighted by Crippen LogP contribution is -2.54. The summed E-state index contributed by atoms with van der Waals surface area (Å²) in [5, 5.41) is 6.54. The van der Waals surface area contributed by atoms with Gasteiger partial charge in [0.2, 0.25) is 11.8 Å². The van der Waals surface area contributed by atoms with Gasteiger partial charge in [-0.25, -0.2) is 14.5 Å². The minimum absolute atomic E-state index is 0.0641. The number of nitrogens with one attached hydrogen (secondary N) is 1. The summed E-state index contributed by atoms with van der Waals surface area (Å²) < 4.78 is 77.4. The van der Waals surface area contributed by atoms with Crippen LogP contribution in [0, 0.1) is 5.41 Å². The smallest absolute Gasteiger partial charge is 0.421 e. The first-order valence-electron chi connectivity index (χ1n) is 12.2. The largest absolute Gasteiger partial charge is 0.476 e. The van der Waals surface area contributed by atoms with Crippen LogP contribution in [0.2, 0.25) is 0 Å². The molecule has 2 aromatic heterocycles. The molecule has 1 fully saturated rings. The van der Waals surface area contributed by atoms with Gasteiger partial charge in [0.05, 0.1) is 11.6 Å². The molecule has 39 heavy (non-hydrogen) atoms. The third-order valence-electron chi connectivity index (χ3n) is 6.09. The molecule has 0 radical (unpaired) electrons. The molecule has 3 heterocycles. The maximum Gasteiger partial charge on any atom is 0.421 e. The Morgan fingerprint density at radius 2 is 1.87 bits per heavy atom. The Bertz CT molecular complexity index is 1160. The number of hydrogen-bond acceptors (Lipinski definition) is 6. The number of piperidine rings is 1. The lowest BCUT2D eigenvalue weighted by atomic mass is 9.85. The standard InChI is InChI=1S/C25H32F5N5O4/c1-23(2,3)39-22(37)34-10-8-18(16(13-34)15-11-32-35(12-15)21(26)27)33-20(36)24(4,5)14-38-19-17(25(28,29)30)7-6-9-31-19/h6-7,9,11-12,16,18,21H,8,10,13-14H2,1-5H3,(H,33,36)/t16-,18+/m0/s1. The molecule has 0 aliphatic carbocycles. The highest BCUT2D eigenvalue weighted by Crippen LogP contribution is 2.35. The third-order valence-corrected chi connectivity index (χ3v) is 6.09. The van der Waals surface area contributed by atoms with E-state index >= 15 is 0 Å². The lowest BCUT2D eigenvalue weighted by molar-refractivity contribution is -0.139. The number of likely N-dealkylation sites (tertiary alicyclic amines) is 1. The molecule has 3 rings (SSSR count). The van der Waals surface area contributed by atoms with Gasteiger partial charge < -0.3 is 19.7 Å². The van der Waals surface area contributed by atoms with E-state index in [1.807, 2.05) is 0 Å². The highest BCUT2D eigenvalue weighted by atomic mass is 19.4. The van der Waals surface area contributed by atoms with Crippen LogP contribution >= 0.6 is 0 Å². The summed E-state index contributed by atoms with van der Waals surface area (Å²) in [5.74, 6) is -1.78. The number of ether oxygens (including phenoxy) is 2. The molecule has 0 unspecified atom stereocenters. The Hall–Kier alpha value is -3.45. The van der Waals surface area contributed by atoms with E-state index in [1.54, 1.807) is 20.8 Å². The summed E-state index contributed by atoms with van der Waals surface area (Å²) in [4.78, 5) is 31.0. The van der Waals surface area contributed by atoms with E-state index in [9.17, 15) is 31.5 Å². The minimum Gasteiger partial charge on any atom is -0.476 e. The molecule has 216 valence electrons. The van der Waals surface area contributed by atoms with Crippen LogP contribution in [0.3, 0.4) is 0 Å². The van der Waals surface area contributed by atoms with E-state index in [2.05, 4.69) is 15.4 Å². The third kappa shape index (κ3) is 7.79. The number of amides is 2. The summed E-state index contributed by atoms with van der Waals surface area (Å²) in [6, 6.07) is 1.37. The molecule has 1 saturated heterocycles. The predicted molar refractivity (Wildman–Crippen MR) is 129 cm³/mol. The average Bonchev–Trinajstić information content (AvgIpc) is 3.32. The normalized spacial score (nSPS) is 18.7. The van der Waals surface area contributed by atoms with E-state index in [0.717, 1.165) is 24.5 Å². The fourth-order valence-corrected chi connectivity index (χ4v) is 4.01. The second-order valence-corrected chi connectivity index (χ2v) is 11.0. The Morgan fingerprint density at radius 1 is 1.18 bits per heavy atom. The Morgan fingerprint density at radius 3 is 2.46 bits per heavy atom. The molecule has 0 bridgehead atoms. The number of aromatic nitrogens is 3. The number of carbonyl (C=O) groups is 2. The zero-order chi connectivity index (χ0) is 29.2. The van der Waals surface area contributed by atoms with Crippen LogP contribution in [0.1, 0.15) is 64.6 Å². The van der Waals surface area contributed by atoms with Gasteiger partial charge in [0.25, 0.3) is 0 Å². The molecule has 0 spiro atoms. The highest BCUT2D eigenvalue weighted by Gasteiger charge is 2.40. The van der Waals surface area contributed by atoms with Crippen molar-refractivity contribution in [1.82, 2.24) is 25.0 Å². The number of hydrogen-bond donors (Lipinski definition) is 1. The van der Waals surface area contributed by atoms with Crippen molar-refractivity contribution in [2.75, 3.05) is 19.7 Å². The summed E-state index contributed by atoms with van der Waals surface area (Å²) in [5.41, 5.74) is -2.72. The first-order valence-corrected chi connectivity index (χ1v) is 12.2. The molecular formula is C25H32F5N5O4. The van der Waals surface area contributed by atoms with Crippen molar-refractivity contribution < 1.29 is 41.0 Å². The Kier molecular flexibility index (Phi) is 8.75. The molecule has 1 N–H and O–H groups in total. The van der Waals surface area contributed by atoms with Crippen molar-refractivity contribution in [1.29, 1.82) is 0 Å². The first kappa shape index (κ1) is 30.1. The van der Waals surface area contributed by atoms with Gasteiger partial charge in [-0.3, -0.25) is 4.79 Å². The van der Waals surface area contributed by atoms with Gasteiger partial charge in [0, 0.05) is 37.4 Å². The van der Waals surface area contributed by atoms with Crippen LogP contribution in [0.5, 0.6) is 5.88 Å². The molecule has 2 aromatic rings.